The molecule has 4 heterocycles. The first-order valence-corrected chi connectivity index (χ1v) is 9.74. The van der Waals surface area contributed by atoms with Gasteiger partial charge in [-0.25, -0.2) is 18.7 Å². The molecule has 3 N–H and O–H groups in total. The number of fused-ring (bicyclic) bond motifs is 1. The second-order valence-corrected chi connectivity index (χ2v) is 7.41. The Labute approximate surface area is 183 Å². The van der Waals surface area contributed by atoms with E-state index in [0.29, 0.717) is 0 Å². The molecule has 3 aromatic heterocycles. The molecule has 15 heteroatoms. The van der Waals surface area contributed by atoms with Crippen molar-refractivity contribution in [1.82, 2.24) is 30.1 Å². The third-order valence-corrected chi connectivity index (χ3v) is 4.49. The van der Waals surface area contributed by atoms with E-state index in [4.69, 9.17) is 9.47 Å². The molecule has 1 fully saturated rings. The predicted octanol–water partition coefficient (Wildman–Crippen LogP) is 3.01. The van der Waals surface area contributed by atoms with Crippen molar-refractivity contribution in [2.75, 3.05) is 11.9 Å². The summed E-state index contributed by atoms with van der Waals surface area (Å²) in [5, 5.41) is 15.6. The number of anilines is 2. The minimum atomic E-state index is -4.89. The summed E-state index contributed by atoms with van der Waals surface area (Å²) >= 11 is 0. The van der Waals surface area contributed by atoms with Crippen LogP contribution < -0.4 is 15.4 Å². The number of aromatic nitrogens is 5. The number of carbonyl (C=O) groups is 1. The summed E-state index contributed by atoms with van der Waals surface area (Å²) in [7, 11) is 0. The number of amides is 1. The van der Waals surface area contributed by atoms with Crippen LogP contribution in [-0.4, -0.2) is 62.2 Å². The van der Waals surface area contributed by atoms with Crippen LogP contribution in [0.1, 0.15) is 25.6 Å². The summed E-state index contributed by atoms with van der Waals surface area (Å²) in [6, 6.07) is 2.33. The molecule has 33 heavy (non-hydrogen) atoms. The summed E-state index contributed by atoms with van der Waals surface area (Å²) in [5.41, 5.74) is 0.452. The van der Waals surface area contributed by atoms with Gasteiger partial charge in [-0.05, 0) is 13.8 Å². The molecule has 0 spiro atoms. The zero-order valence-corrected chi connectivity index (χ0v) is 17.3. The van der Waals surface area contributed by atoms with Crippen molar-refractivity contribution in [3.05, 3.63) is 30.2 Å². The fourth-order valence-electron chi connectivity index (χ4n) is 3.18. The normalized spacial score (nSPS) is 20.9. The number of halogens is 4. The maximum absolute atomic E-state index is 14.8. The standard InChI is InChI=1S/C18H19F4N7O4/c1-8(2)24-17(30)32-11-7-31-15(14(11)19)9-5-12(27-26-9)25-16-10-6-13(33-18(20,21)22)28-29(10)4-3-23-16/h3-6,8,11,14-15H,7H2,1-2H3,(H,24,30)(H2,23,25,26,27)/t11-,14+,15-/m0/s1. The Balaban J connectivity index is 1.45. The van der Waals surface area contributed by atoms with E-state index in [-0.39, 0.29) is 35.5 Å². The zero-order valence-electron chi connectivity index (χ0n) is 17.3. The Hall–Kier alpha value is -3.62. The number of ether oxygens (including phenoxy) is 3. The van der Waals surface area contributed by atoms with Crippen LogP contribution in [0.4, 0.5) is 34.0 Å². The fraction of sp³-hybridized carbons (Fsp3) is 0.444. The van der Waals surface area contributed by atoms with Gasteiger partial charge in [-0.2, -0.15) is 5.10 Å². The maximum atomic E-state index is 14.8. The van der Waals surface area contributed by atoms with Gasteiger partial charge in [-0.15, -0.1) is 18.3 Å². The quantitative estimate of drug-likeness (QED) is 0.467. The monoisotopic (exact) mass is 473 g/mol. The van der Waals surface area contributed by atoms with Gasteiger partial charge >= 0.3 is 12.5 Å². The second kappa shape index (κ2) is 8.73. The predicted molar refractivity (Wildman–Crippen MR) is 104 cm³/mol. The largest absolute Gasteiger partial charge is 0.574 e. The number of alkyl carbamates (subject to hydrolysis) is 1. The van der Waals surface area contributed by atoms with Crippen LogP contribution in [0.3, 0.4) is 0 Å². The Morgan fingerprint density at radius 3 is 2.88 bits per heavy atom. The lowest BCUT2D eigenvalue weighted by molar-refractivity contribution is -0.276. The molecule has 3 atom stereocenters. The van der Waals surface area contributed by atoms with Crippen LogP contribution in [-0.2, 0) is 9.47 Å². The van der Waals surface area contributed by atoms with Gasteiger partial charge in [0.1, 0.15) is 11.6 Å². The third kappa shape index (κ3) is 5.24. The van der Waals surface area contributed by atoms with Crippen LogP contribution >= 0.6 is 0 Å². The molecular formula is C18H19F4N7O4. The van der Waals surface area contributed by atoms with Crippen LogP contribution in [0, 0.1) is 0 Å². The fourth-order valence-corrected chi connectivity index (χ4v) is 3.18. The van der Waals surface area contributed by atoms with E-state index >= 15 is 0 Å². The van der Waals surface area contributed by atoms with Gasteiger partial charge in [0.05, 0.1) is 12.3 Å². The van der Waals surface area contributed by atoms with Crippen molar-refractivity contribution in [3.8, 4) is 5.88 Å². The molecule has 0 saturated carbocycles. The highest BCUT2D eigenvalue weighted by Gasteiger charge is 2.42. The number of hydrogen-bond acceptors (Lipinski definition) is 8. The number of aromatic amines is 1. The Morgan fingerprint density at radius 1 is 1.36 bits per heavy atom. The molecule has 0 unspecified atom stereocenters. The average Bonchev–Trinajstić information content (AvgIpc) is 3.40. The highest BCUT2D eigenvalue weighted by atomic mass is 19.4. The van der Waals surface area contributed by atoms with Crippen LogP contribution in [0.5, 0.6) is 5.88 Å². The number of H-pyrrole nitrogens is 1. The topological polar surface area (TPSA) is 128 Å². The van der Waals surface area contributed by atoms with Crippen molar-refractivity contribution in [2.45, 2.75) is 44.6 Å². The Bertz CT molecular complexity index is 1130. The summed E-state index contributed by atoms with van der Waals surface area (Å²) in [5.74, 6) is -0.327. The number of nitrogens with one attached hydrogen (secondary N) is 3. The molecule has 1 aliphatic rings. The summed E-state index contributed by atoms with van der Waals surface area (Å²) in [6.07, 6.45) is -6.78. The average molecular weight is 473 g/mol. The first-order chi connectivity index (χ1) is 15.6. The van der Waals surface area contributed by atoms with Gasteiger partial charge in [0.2, 0.25) is 5.88 Å². The highest BCUT2D eigenvalue weighted by Crippen LogP contribution is 2.34. The molecule has 3 aromatic rings. The maximum Gasteiger partial charge on any atom is 0.574 e. The SMILES string of the molecule is CC(C)NC(=O)O[C@H]1CO[C@@H](c2cc(Nc3nccn4nc(OC(F)(F)F)cc34)n[nH]2)[C@@H]1F. The highest BCUT2D eigenvalue weighted by molar-refractivity contribution is 5.72. The zero-order chi connectivity index (χ0) is 23.8. The first kappa shape index (κ1) is 22.6. The van der Waals surface area contributed by atoms with Crippen LogP contribution in [0.25, 0.3) is 5.52 Å². The summed E-state index contributed by atoms with van der Waals surface area (Å²) in [4.78, 5) is 15.8. The molecule has 4 rings (SSSR count). The lowest BCUT2D eigenvalue weighted by atomic mass is 10.1. The van der Waals surface area contributed by atoms with Crippen LogP contribution in [0.15, 0.2) is 24.5 Å². The minimum Gasteiger partial charge on any atom is -0.441 e. The number of alkyl halides is 4. The van der Waals surface area contributed by atoms with Gasteiger partial charge in [0.15, 0.2) is 23.9 Å². The number of hydrogen-bond donors (Lipinski definition) is 3. The van der Waals surface area contributed by atoms with Crippen LogP contribution in [0.2, 0.25) is 0 Å². The van der Waals surface area contributed by atoms with Crippen molar-refractivity contribution >= 4 is 23.2 Å². The molecule has 0 aromatic carbocycles. The molecule has 0 bridgehead atoms. The van der Waals surface area contributed by atoms with Crippen molar-refractivity contribution in [3.63, 3.8) is 0 Å². The minimum absolute atomic E-state index is 0.135. The molecule has 11 nitrogen and oxygen atoms in total. The van der Waals surface area contributed by atoms with Gasteiger partial charge < -0.3 is 24.8 Å². The van der Waals surface area contributed by atoms with Gasteiger partial charge in [0.25, 0.3) is 0 Å². The number of carbonyl (C=O) groups excluding carboxylic acids is 1. The molecule has 178 valence electrons. The van der Waals surface area contributed by atoms with E-state index in [1.54, 1.807) is 13.8 Å². The third-order valence-electron chi connectivity index (χ3n) is 4.49. The van der Waals surface area contributed by atoms with Gasteiger partial charge in [-0.1, -0.05) is 0 Å². The van der Waals surface area contributed by atoms with E-state index in [0.717, 1.165) is 10.6 Å². The van der Waals surface area contributed by atoms with Crippen molar-refractivity contribution in [2.24, 2.45) is 0 Å². The lowest BCUT2D eigenvalue weighted by Crippen LogP contribution is -2.36. The number of rotatable bonds is 6. The van der Waals surface area contributed by atoms with E-state index in [2.05, 4.69) is 35.7 Å². The molecule has 0 aliphatic carbocycles. The van der Waals surface area contributed by atoms with Crippen molar-refractivity contribution in [1.29, 1.82) is 0 Å². The smallest absolute Gasteiger partial charge is 0.441 e. The molecular weight excluding hydrogens is 454 g/mol. The summed E-state index contributed by atoms with van der Waals surface area (Å²) in [6.45, 7) is 3.34. The molecule has 1 aliphatic heterocycles. The molecule has 0 radical (unpaired) electrons. The second-order valence-electron chi connectivity index (χ2n) is 7.41. The Kier molecular flexibility index (Phi) is 5.97. The first-order valence-electron chi connectivity index (χ1n) is 9.74. The molecule has 1 amide bonds. The van der Waals surface area contributed by atoms with Crippen molar-refractivity contribution < 1.29 is 36.6 Å². The van der Waals surface area contributed by atoms with E-state index < -0.39 is 36.7 Å². The summed E-state index contributed by atoms with van der Waals surface area (Å²) < 4.78 is 67.6. The molecule has 1 saturated heterocycles. The van der Waals surface area contributed by atoms with E-state index in [1.165, 1.54) is 18.5 Å². The Morgan fingerprint density at radius 2 is 2.15 bits per heavy atom. The number of nitrogens with zero attached hydrogens (tertiary/aromatic N) is 4. The van der Waals surface area contributed by atoms with E-state index in [1.807, 2.05) is 0 Å². The van der Waals surface area contributed by atoms with Gasteiger partial charge in [-0.3, -0.25) is 5.10 Å². The van der Waals surface area contributed by atoms with E-state index in [9.17, 15) is 22.4 Å². The van der Waals surface area contributed by atoms with Gasteiger partial charge in [0, 0.05) is 30.6 Å². The lowest BCUT2D eigenvalue weighted by Gasteiger charge is -2.16.